The number of hydrogen-bond acceptors (Lipinski definition) is 5. The average Bonchev–Trinajstić information content (AvgIpc) is 2.57. The van der Waals surface area contributed by atoms with Crippen LogP contribution in [0.25, 0.3) is 0 Å². The highest BCUT2D eigenvalue weighted by Gasteiger charge is 2.21. The lowest BCUT2D eigenvalue weighted by atomic mass is 10.2. The number of amides is 1. The number of likely N-dealkylation sites (N-methyl/N-ethyl adjacent to an activating group) is 1. The SMILES string of the molecule is CN1CCN(C(=O)c2ccc(Nc3ccccc3)nn2)CC1. The molecule has 22 heavy (non-hydrogen) atoms. The van der Waals surface area contributed by atoms with Gasteiger partial charge in [-0.2, -0.15) is 0 Å². The predicted octanol–water partition coefficient (Wildman–Crippen LogP) is 1.61. The third kappa shape index (κ3) is 3.40. The molecule has 6 heteroatoms. The maximum atomic E-state index is 12.4. The molecule has 6 nitrogen and oxygen atoms in total. The molecule has 0 aliphatic carbocycles. The largest absolute Gasteiger partial charge is 0.339 e. The highest BCUT2D eigenvalue weighted by Crippen LogP contribution is 2.13. The molecule has 3 rings (SSSR count). The van der Waals surface area contributed by atoms with Crippen molar-refractivity contribution >= 4 is 17.4 Å². The molecule has 1 fully saturated rings. The summed E-state index contributed by atoms with van der Waals surface area (Å²) in [4.78, 5) is 16.4. The maximum Gasteiger partial charge on any atom is 0.274 e. The predicted molar refractivity (Wildman–Crippen MR) is 85.2 cm³/mol. The van der Waals surface area contributed by atoms with E-state index in [9.17, 15) is 4.79 Å². The Morgan fingerprint density at radius 2 is 1.73 bits per heavy atom. The fourth-order valence-electron chi connectivity index (χ4n) is 2.35. The van der Waals surface area contributed by atoms with Crippen LogP contribution in [0.3, 0.4) is 0 Å². The van der Waals surface area contributed by atoms with Crippen molar-refractivity contribution in [2.75, 3.05) is 38.5 Å². The van der Waals surface area contributed by atoms with Gasteiger partial charge in [-0.05, 0) is 31.3 Å². The Kier molecular flexibility index (Phi) is 4.29. The zero-order valence-electron chi connectivity index (χ0n) is 12.6. The summed E-state index contributed by atoms with van der Waals surface area (Å²) in [6, 6.07) is 13.2. The first-order chi connectivity index (χ1) is 10.7. The van der Waals surface area contributed by atoms with Gasteiger partial charge in [-0.15, -0.1) is 10.2 Å². The van der Waals surface area contributed by atoms with Crippen molar-refractivity contribution in [3.05, 3.63) is 48.2 Å². The van der Waals surface area contributed by atoms with Crippen LogP contribution in [0, 0.1) is 0 Å². The van der Waals surface area contributed by atoms with Gasteiger partial charge in [0.05, 0.1) is 0 Å². The molecule has 0 atom stereocenters. The van der Waals surface area contributed by atoms with E-state index in [4.69, 9.17) is 0 Å². The molecule has 0 radical (unpaired) electrons. The molecule has 2 heterocycles. The number of nitrogens with zero attached hydrogens (tertiary/aromatic N) is 4. The Bertz CT molecular complexity index is 621. The lowest BCUT2D eigenvalue weighted by Gasteiger charge is -2.32. The number of anilines is 2. The Morgan fingerprint density at radius 3 is 2.36 bits per heavy atom. The molecule has 1 aromatic heterocycles. The Morgan fingerprint density at radius 1 is 1.00 bits per heavy atom. The lowest BCUT2D eigenvalue weighted by molar-refractivity contribution is 0.0657. The van der Waals surface area contributed by atoms with Crippen molar-refractivity contribution in [1.82, 2.24) is 20.0 Å². The van der Waals surface area contributed by atoms with Crippen LogP contribution in [0.15, 0.2) is 42.5 Å². The molecule has 1 saturated heterocycles. The summed E-state index contributed by atoms with van der Waals surface area (Å²) < 4.78 is 0. The van der Waals surface area contributed by atoms with Crippen molar-refractivity contribution in [3.63, 3.8) is 0 Å². The number of rotatable bonds is 3. The van der Waals surface area contributed by atoms with E-state index < -0.39 is 0 Å². The molecule has 0 unspecified atom stereocenters. The minimum absolute atomic E-state index is 0.0492. The van der Waals surface area contributed by atoms with Gasteiger partial charge in [0.2, 0.25) is 0 Å². The number of hydrogen-bond donors (Lipinski definition) is 1. The second-order valence-corrected chi connectivity index (χ2v) is 5.39. The molecule has 1 aromatic carbocycles. The van der Waals surface area contributed by atoms with E-state index in [0.717, 1.165) is 31.9 Å². The van der Waals surface area contributed by atoms with Crippen LogP contribution in [0.4, 0.5) is 11.5 Å². The molecule has 2 aromatic rings. The van der Waals surface area contributed by atoms with Crippen LogP contribution >= 0.6 is 0 Å². The topological polar surface area (TPSA) is 61.4 Å². The summed E-state index contributed by atoms with van der Waals surface area (Å²) in [5.74, 6) is 0.577. The number of carbonyl (C=O) groups excluding carboxylic acids is 1. The first-order valence-corrected chi connectivity index (χ1v) is 7.36. The first-order valence-electron chi connectivity index (χ1n) is 7.36. The zero-order chi connectivity index (χ0) is 15.4. The summed E-state index contributed by atoms with van der Waals surface area (Å²) >= 11 is 0. The van der Waals surface area contributed by atoms with Gasteiger partial charge in [0, 0.05) is 31.9 Å². The van der Waals surface area contributed by atoms with Gasteiger partial charge < -0.3 is 15.1 Å². The minimum Gasteiger partial charge on any atom is -0.339 e. The standard InChI is InChI=1S/C16H19N5O/c1-20-9-11-21(12-10-20)16(22)14-7-8-15(19-18-14)17-13-5-3-2-4-6-13/h2-8H,9-12H2,1H3,(H,17,19). The van der Waals surface area contributed by atoms with E-state index >= 15 is 0 Å². The van der Waals surface area contributed by atoms with Gasteiger partial charge in [0.1, 0.15) is 0 Å². The van der Waals surface area contributed by atoms with Crippen LogP contribution in [0.2, 0.25) is 0 Å². The van der Waals surface area contributed by atoms with Gasteiger partial charge in [-0.25, -0.2) is 0 Å². The summed E-state index contributed by atoms with van der Waals surface area (Å²) in [7, 11) is 2.06. The number of aromatic nitrogens is 2. The summed E-state index contributed by atoms with van der Waals surface area (Å²) in [5, 5.41) is 11.3. The third-order valence-corrected chi connectivity index (χ3v) is 3.72. The van der Waals surface area contributed by atoms with E-state index in [1.165, 1.54) is 0 Å². The van der Waals surface area contributed by atoms with Gasteiger partial charge >= 0.3 is 0 Å². The molecule has 0 saturated carbocycles. The molecule has 1 N–H and O–H groups in total. The van der Waals surface area contributed by atoms with Crippen LogP contribution in [-0.4, -0.2) is 59.1 Å². The third-order valence-electron chi connectivity index (χ3n) is 3.72. The maximum absolute atomic E-state index is 12.4. The lowest BCUT2D eigenvalue weighted by Crippen LogP contribution is -2.47. The van der Waals surface area contributed by atoms with E-state index in [1.807, 2.05) is 35.2 Å². The average molecular weight is 297 g/mol. The van der Waals surface area contributed by atoms with E-state index in [0.29, 0.717) is 11.5 Å². The van der Waals surface area contributed by atoms with Gasteiger partial charge in [-0.3, -0.25) is 4.79 Å². The second kappa shape index (κ2) is 6.53. The monoisotopic (exact) mass is 297 g/mol. The quantitative estimate of drug-likeness (QED) is 0.932. The highest BCUT2D eigenvalue weighted by molar-refractivity contribution is 5.92. The smallest absolute Gasteiger partial charge is 0.274 e. The van der Waals surface area contributed by atoms with Crippen LogP contribution < -0.4 is 5.32 Å². The number of nitrogens with one attached hydrogen (secondary N) is 1. The number of benzene rings is 1. The molecular weight excluding hydrogens is 278 g/mol. The second-order valence-electron chi connectivity index (χ2n) is 5.39. The number of piperazine rings is 1. The van der Waals surface area contributed by atoms with Crippen molar-refractivity contribution in [2.24, 2.45) is 0 Å². The minimum atomic E-state index is -0.0492. The molecule has 1 aliphatic heterocycles. The molecule has 1 aliphatic rings. The first kappa shape index (κ1) is 14.5. The zero-order valence-corrected chi connectivity index (χ0v) is 12.6. The number of para-hydroxylation sites is 1. The molecule has 0 bridgehead atoms. The van der Waals surface area contributed by atoms with E-state index in [1.54, 1.807) is 12.1 Å². The van der Waals surface area contributed by atoms with Gasteiger partial charge in [0.15, 0.2) is 11.5 Å². The number of carbonyl (C=O) groups is 1. The van der Waals surface area contributed by atoms with Gasteiger partial charge in [-0.1, -0.05) is 18.2 Å². The highest BCUT2D eigenvalue weighted by atomic mass is 16.2. The van der Waals surface area contributed by atoms with Gasteiger partial charge in [0.25, 0.3) is 5.91 Å². The summed E-state index contributed by atoms with van der Waals surface area (Å²) in [5.41, 5.74) is 1.33. The van der Waals surface area contributed by atoms with Crippen molar-refractivity contribution < 1.29 is 4.79 Å². The van der Waals surface area contributed by atoms with Crippen molar-refractivity contribution in [3.8, 4) is 0 Å². The Hall–Kier alpha value is -2.47. The van der Waals surface area contributed by atoms with E-state index in [-0.39, 0.29) is 5.91 Å². The van der Waals surface area contributed by atoms with Crippen LogP contribution in [0.1, 0.15) is 10.5 Å². The fraction of sp³-hybridized carbons (Fsp3) is 0.312. The molecular formula is C16H19N5O. The fourth-order valence-corrected chi connectivity index (χ4v) is 2.35. The van der Waals surface area contributed by atoms with E-state index in [2.05, 4.69) is 27.5 Å². The summed E-state index contributed by atoms with van der Waals surface area (Å²) in [6.07, 6.45) is 0. The van der Waals surface area contributed by atoms with Crippen LogP contribution in [0.5, 0.6) is 0 Å². The molecule has 114 valence electrons. The van der Waals surface area contributed by atoms with Crippen molar-refractivity contribution in [1.29, 1.82) is 0 Å². The molecule has 0 spiro atoms. The van der Waals surface area contributed by atoms with Crippen molar-refractivity contribution in [2.45, 2.75) is 0 Å². The van der Waals surface area contributed by atoms with Crippen LogP contribution in [-0.2, 0) is 0 Å². The Balaban J connectivity index is 1.65. The normalized spacial score (nSPS) is 15.6. The Labute approximate surface area is 129 Å². The summed E-state index contributed by atoms with van der Waals surface area (Å²) in [6.45, 7) is 3.27. The molecule has 1 amide bonds.